The van der Waals surface area contributed by atoms with Crippen molar-refractivity contribution in [3.63, 3.8) is 0 Å². The van der Waals surface area contributed by atoms with E-state index in [0.717, 1.165) is 24.0 Å². The average molecular weight is 280 g/mol. The van der Waals surface area contributed by atoms with Gasteiger partial charge in [0.1, 0.15) is 0 Å². The summed E-state index contributed by atoms with van der Waals surface area (Å²) in [5.41, 5.74) is 0. The van der Waals surface area contributed by atoms with Crippen molar-refractivity contribution in [2.75, 3.05) is 13.6 Å². The van der Waals surface area contributed by atoms with Crippen LogP contribution < -0.4 is 5.32 Å². The molecule has 2 heteroatoms. The molecule has 0 radical (unpaired) electrons. The van der Waals surface area contributed by atoms with Gasteiger partial charge in [0.2, 0.25) is 0 Å². The number of likely N-dealkylation sites (N-methyl/N-ethyl adjacent to an activating group) is 1. The number of piperidine rings is 1. The molecule has 4 unspecified atom stereocenters. The molecular formula is C18H36N2. The first-order chi connectivity index (χ1) is 9.80. The van der Waals surface area contributed by atoms with Crippen molar-refractivity contribution in [2.24, 2.45) is 5.92 Å². The van der Waals surface area contributed by atoms with Crippen LogP contribution in [-0.4, -0.2) is 36.6 Å². The summed E-state index contributed by atoms with van der Waals surface area (Å²) in [5.74, 6) is 0.985. The molecule has 4 atom stereocenters. The molecular weight excluding hydrogens is 244 g/mol. The van der Waals surface area contributed by atoms with Crippen molar-refractivity contribution < 1.29 is 0 Å². The number of hydrogen-bond acceptors (Lipinski definition) is 2. The third-order valence-corrected chi connectivity index (χ3v) is 5.71. The minimum atomic E-state index is 0.737. The molecule has 1 N–H and O–H groups in total. The van der Waals surface area contributed by atoms with Gasteiger partial charge in [0.15, 0.2) is 0 Å². The van der Waals surface area contributed by atoms with E-state index in [1.54, 1.807) is 0 Å². The lowest BCUT2D eigenvalue weighted by atomic mass is 9.78. The lowest BCUT2D eigenvalue weighted by Crippen LogP contribution is -2.56. The Morgan fingerprint density at radius 2 is 1.80 bits per heavy atom. The van der Waals surface area contributed by atoms with Gasteiger partial charge in [-0.3, -0.25) is 4.90 Å². The molecule has 2 rings (SSSR count). The van der Waals surface area contributed by atoms with Gasteiger partial charge in [-0.15, -0.1) is 0 Å². The molecule has 1 aliphatic heterocycles. The SMILES string of the molecule is CCCC1CCC(NC)C(N2CCCCC2CCC)C1. The van der Waals surface area contributed by atoms with Crippen molar-refractivity contribution in [1.29, 1.82) is 0 Å². The third kappa shape index (κ3) is 3.98. The molecule has 2 fully saturated rings. The highest BCUT2D eigenvalue weighted by Crippen LogP contribution is 2.34. The van der Waals surface area contributed by atoms with Crippen molar-refractivity contribution in [1.82, 2.24) is 10.2 Å². The normalized spacial score (nSPS) is 36.1. The lowest BCUT2D eigenvalue weighted by molar-refractivity contribution is 0.0337. The average Bonchev–Trinajstić information content (AvgIpc) is 2.48. The first-order valence-corrected chi connectivity index (χ1v) is 9.23. The highest BCUT2D eigenvalue weighted by Gasteiger charge is 2.36. The maximum atomic E-state index is 3.63. The van der Waals surface area contributed by atoms with Crippen LogP contribution in [0.4, 0.5) is 0 Å². The molecule has 0 aromatic heterocycles. The molecule has 20 heavy (non-hydrogen) atoms. The highest BCUT2D eigenvalue weighted by atomic mass is 15.2. The fourth-order valence-corrected chi connectivity index (χ4v) is 4.71. The zero-order chi connectivity index (χ0) is 14.4. The van der Waals surface area contributed by atoms with Gasteiger partial charge in [0.05, 0.1) is 0 Å². The Morgan fingerprint density at radius 1 is 1.00 bits per heavy atom. The molecule has 2 aliphatic rings. The monoisotopic (exact) mass is 280 g/mol. The molecule has 0 aromatic rings. The first kappa shape index (κ1) is 16.3. The van der Waals surface area contributed by atoms with Gasteiger partial charge in [-0.1, -0.05) is 39.5 Å². The van der Waals surface area contributed by atoms with E-state index in [2.05, 4.69) is 31.1 Å². The number of hydrogen-bond donors (Lipinski definition) is 1. The Bertz CT molecular complexity index is 264. The highest BCUT2D eigenvalue weighted by molar-refractivity contribution is 4.94. The van der Waals surface area contributed by atoms with E-state index in [4.69, 9.17) is 0 Å². The number of nitrogens with one attached hydrogen (secondary N) is 1. The van der Waals surface area contributed by atoms with E-state index < -0.39 is 0 Å². The fourth-order valence-electron chi connectivity index (χ4n) is 4.71. The molecule has 1 saturated carbocycles. The smallest absolute Gasteiger partial charge is 0.0254 e. The van der Waals surface area contributed by atoms with E-state index in [1.807, 2.05) is 0 Å². The number of rotatable bonds is 6. The second-order valence-corrected chi connectivity index (χ2v) is 7.11. The van der Waals surface area contributed by atoms with Crippen molar-refractivity contribution in [3.8, 4) is 0 Å². The molecule has 0 bridgehead atoms. The zero-order valence-electron chi connectivity index (χ0n) is 14.0. The second-order valence-electron chi connectivity index (χ2n) is 7.11. The summed E-state index contributed by atoms with van der Waals surface area (Å²) in [4.78, 5) is 2.91. The molecule has 0 spiro atoms. The Kier molecular flexibility index (Phi) is 6.83. The van der Waals surface area contributed by atoms with Gasteiger partial charge in [-0.05, 0) is 58.0 Å². The van der Waals surface area contributed by atoms with Crippen LogP contribution in [0.25, 0.3) is 0 Å². The quantitative estimate of drug-likeness (QED) is 0.784. The fraction of sp³-hybridized carbons (Fsp3) is 1.00. The van der Waals surface area contributed by atoms with Crippen LogP contribution in [0, 0.1) is 5.92 Å². The van der Waals surface area contributed by atoms with E-state index in [0.29, 0.717) is 0 Å². The van der Waals surface area contributed by atoms with Crippen molar-refractivity contribution >= 4 is 0 Å². The molecule has 0 aromatic carbocycles. The van der Waals surface area contributed by atoms with Gasteiger partial charge in [-0.25, -0.2) is 0 Å². The van der Waals surface area contributed by atoms with Gasteiger partial charge in [-0.2, -0.15) is 0 Å². The van der Waals surface area contributed by atoms with E-state index in [9.17, 15) is 0 Å². The predicted octanol–water partition coefficient (Wildman–Crippen LogP) is 4.20. The van der Waals surface area contributed by atoms with Crippen LogP contribution in [0.15, 0.2) is 0 Å². The number of likely N-dealkylation sites (tertiary alicyclic amines) is 1. The topological polar surface area (TPSA) is 15.3 Å². The zero-order valence-corrected chi connectivity index (χ0v) is 14.0. The first-order valence-electron chi connectivity index (χ1n) is 9.23. The van der Waals surface area contributed by atoms with Gasteiger partial charge in [0, 0.05) is 18.1 Å². The predicted molar refractivity (Wildman–Crippen MR) is 88.1 cm³/mol. The Balaban J connectivity index is 2.03. The maximum Gasteiger partial charge on any atom is 0.0254 e. The summed E-state index contributed by atoms with van der Waals surface area (Å²) in [7, 11) is 2.18. The van der Waals surface area contributed by atoms with E-state index >= 15 is 0 Å². The molecule has 2 nitrogen and oxygen atoms in total. The standard InChI is InChI=1S/C18H36N2/c1-4-8-15-11-12-17(19-3)18(14-15)20-13-7-6-10-16(20)9-5-2/h15-19H,4-14H2,1-3H3. The summed E-state index contributed by atoms with van der Waals surface area (Å²) < 4.78 is 0. The van der Waals surface area contributed by atoms with Crippen LogP contribution in [0.3, 0.4) is 0 Å². The minimum Gasteiger partial charge on any atom is -0.315 e. The Morgan fingerprint density at radius 3 is 2.50 bits per heavy atom. The molecule has 118 valence electrons. The van der Waals surface area contributed by atoms with E-state index in [-0.39, 0.29) is 0 Å². The number of nitrogens with zero attached hydrogens (tertiary/aromatic N) is 1. The molecule has 1 saturated heterocycles. The summed E-state index contributed by atoms with van der Waals surface area (Å²) in [6.45, 7) is 6.05. The second kappa shape index (κ2) is 8.38. The summed E-state index contributed by atoms with van der Waals surface area (Å²) in [6.07, 6.45) is 14.2. The van der Waals surface area contributed by atoms with Crippen molar-refractivity contribution in [3.05, 3.63) is 0 Å². The van der Waals surface area contributed by atoms with Crippen molar-refractivity contribution in [2.45, 2.75) is 96.2 Å². The Hall–Kier alpha value is -0.0800. The summed E-state index contributed by atoms with van der Waals surface area (Å²) in [5, 5.41) is 3.63. The molecule has 1 aliphatic carbocycles. The lowest BCUT2D eigenvalue weighted by Gasteiger charge is -2.48. The van der Waals surface area contributed by atoms with E-state index in [1.165, 1.54) is 70.8 Å². The van der Waals surface area contributed by atoms with Crippen LogP contribution in [0.2, 0.25) is 0 Å². The Labute approximate surface area is 126 Å². The van der Waals surface area contributed by atoms with Crippen LogP contribution in [0.5, 0.6) is 0 Å². The van der Waals surface area contributed by atoms with Gasteiger partial charge < -0.3 is 5.32 Å². The maximum absolute atomic E-state index is 3.63. The van der Waals surface area contributed by atoms with Gasteiger partial charge >= 0.3 is 0 Å². The largest absolute Gasteiger partial charge is 0.315 e. The van der Waals surface area contributed by atoms with Gasteiger partial charge in [0.25, 0.3) is 0 Å². The minimum absolute atomic E-state index is 0.737. The summed E-state index contributed by atoms with van der Waals surface area (Å²) >= 11 is 0. The van der Waals surface area contributed by atoms with Crippen LogP contribution in [0.1, 0.15) is 78.1 Å². The van der Waals surface area contributed by atoms with Crippen LogP contribution >= 0.6 is 0 Å². The van der Waals surface area contributed by atoms with Crippen LogP contribution in [-0.2, 0) is 0 Å². The molecule has 1 heterocycles. The summed E-state index contributed by atoms with van der Waals surface area (Å²) in [6, 6.07) is 2.41. The molecule has 0 amide bonds. The third-order valence-electron chi connectivity index (χ3n) is 5.71.